The molecule has 5 heteroatoms. The normalized spacial score (nSPS) is 21.2. The van der Waals surface area contributed by atoms with Crippen molar-refractivity contribution >= 4 is 5.82 Å². The summed E-state index contributed by atoms with van der Waals surface area (Å²) in [6.45, 7) is 5.11. The number of ether oxygens (including phenoxy) is 2. The number of hydrogen-bond donors (Lipinski definition) is 2. The van der Waals surface area contributed by atoms with Gasteiger partial charge in [0.05, 0.1) is 25.9 Å². The molecule has 1 aliphatic heterocycles. The number of nitrogens with one attached hydrogen (secondary N) is 1. The first-order valence-corrected chi connectivity index (χ1v) is 6.93. The standard InChI is InChI=1S/C14H23N3O2/c1-2-5-16-12(13-10-18-7-8-19-13)9-11-4-3-6-17-14(11)15/h3-4,6,12-13,16H,2,5,7-10H2,1H3,(H2,15,17). The number of rotatable bonds is 6. The van der Waals surface area contributed by atoms with Gasteiger partial charge in [0.2, 0.25) is 0 Å². The predicted molar refractivity (Wildman–Crippen MR) is 75.0 cm³/mol. The number of pyridine rings is 1. The first-order chi connectivity index (χ1) is 9.31. The van der Waals surface area contributed by atoms with Crippen molar-refractivity contribution in [2.45, 2.75) is 31.9 Å². The predicted octanol–water partition coefficient (Wildman–Crippen LogP) is 0.990. The molecule has 0 aromatic carbocycles. The van der Waals surface area contributed by atoms with Crippen molar-refractivity contribution in [1.82, 2.24) is 10.3 Å². The van der Waals surface area contributed by atoms with Gasteiger partial charge in [0, 0.05) is 12.2 Å². The van der Waals surface area contributed by atoms with Crippen LogP contribution in [0.2, 0.25) is 0 Å². The lowest BCUT2D eigenvalue weighted by atomic mass is 10.0. The molecule has 106 valence electrons. The summed E-state index contributed by atoms with van der Waals surface area (Å²) in [5.74, 6) is 0.600. The lowest BCUT2D eigenvalue weighted by Crippen LogP contribution is -2.48. The van der Waals surface area contributed by atoms with E-state index in [1.165, 1.54) is 0 Å². The van der Waals surface area contributed by atoms with Crippen LogP contribution in [-0.4, -0.2) is 43.5 Å². The summed E-state index contributed by atoms with van der Waals surface area (Å²) in [4.78, 5) is 4.14. The lowest BCUT2D eigenvalue weighted by molar-refractivity contribution is -0.101. The molecular formula is C14H23N3O2. The second-order valence-electron chi connectivity index (χ2n) is 4.80. The molecule has 5 nitrogen and oxygen atoms in total. The summed E-state index contributed by atoms with van der Waals surface area (Å²) in [7, 11) is 0. The lowest BCUT2D eigenvalue weighted by Gasteiger charge is -2.31. The molecule has 1 fully saturated rings. The first kappa shape index (κ1) is 14.2. The van der Waals surface area contributed by atoms with Crippen LogP contribution in [0.5, 0.6) is 0 Å². The largest absolute Gasteiger partial charge is 0.383 e. The van der Waals surface area contributed by atoms with E-state index in [0.29, 0.717) is 25.6 Å². The Labute approximate surface area is 114 Å². The third-order valence-electron chi connectivity index (χ3n) is 3.31. The van der Waals surface area contributed by atoms with E-state index in [0.717, 1.165) is 24.9 Å². The number of hydrogen-bond acceptors (Lipinski definition) is 5. The molecule has 2 rings (SSSR count). The molecule has 0 radical (unpaired) electrons. The van der Waals surface area contributed by atoms with Crippen molar-refractivity contribution in [3.63, 3.8) is 0 Å². The molecule has 1 aromatic heterocycles. The fraction of sp³-hybridized carbons (Fsp3) is 0.643. The van der Waals surface area contributed by atoms with Gasteiger partial charge in [-0.1, -0.05) is 13.0 Å². The summed E-state index contributed by atoms with van der Waals surface area (Å²) >= 11 is 0. The van der Waals surface area contributed by atoms with Gasteiger partial charge in [-0.25, -0.2) is 4.98 Å². The molecule has 0 aliphatic carbocycles. The Morgan fingerprint density at radius 3 is 3.11 bits per heavy atom. The number of anilines is 1. The van der Waals surface area contributed by atoms with E-state index in [1.807, 2.05) is 12.1 Å². The number of aromatic nitrogens is 1. The van der Waals surface area contributed by atoms with Crippen molar-refractivity contribution in [1.29, 1.82) is 0 Å². The number of nitrogens with two attached hydrogens (primary N) is 1. The molecule has 1 aliphatic rings. The van der Waals surface area contributed by atoms with E-state index >= 15 is 0 Å². The van der Waals surface area contributed by atoms with Gasteiger partial charge in [-0.3, -0.25) is 0 Å². The van der Waals surface area contributed by atoms with Crippen LogP contribution in [0.25, 0.3) is 0 Å². The maximum absolute atomic E-state index is 5.92. The molecule has 0 spiro atoms. The van der Waals surface area contributed by atoms with Gasteiger partial charge in [-0.05, 0) is 31.0 Å². The van der Waals surface area contributed by atoms with E-state index < -0.39 is 0 Å². The highest BCUT2D eigenvalue weighted by Gasteiger charge is 2.25. The third-order valence-corrected chi connectivity index (χ3v) is 3.31. The fourth-order valence-electron chi connectivity index (χ4n) is 2.26. The minimum absolute atomic E-state index is 0.0832. The molecule has 0 bridgehead atoms. The molecule has 3 N–H and O–H groups in total. The average molecular weight is 265 g/mol. The minimum Gasteiger partial charge on any atom is -0.383 e. The van der Waals surface area contributed by atoms with E-state index in [1.54, 1.807) is 6.20 Å². The molecule has 19 heavy (non-hydrogen) atoms. The van der Waals surface area contributed by atoms with E-state index in [4.69, 9.17) is 15.2 Å². The zero-order chi connectivity index (χ0) is 13.5. The van der Waals surface area contributed by atoms with Crippen LogP contribution in [0.3, 0.4) is 0 Å². The SMILES string of the molecule is CCCNC(Cc1cccnc1N)C1COCCO1. The summed E-state index contributed by atoms with van der Waals surface area (Å²) in [5.41, 5.74) is 6.98. The number of nitrogen functional groups attached to an aromatic ring is 1. The van der Waals surface area contributed by atoms with Crippen LogP contribution in [-0.2, 0) is 15.9 Å². The Balaban J connectivity index is 2.02. The van der Waals surface area contributed by atoms with Crippen LogP contribution >= 0.6 is 0 Å². The van der Waals surface area contributed by atoms with Crippen molar-refractivity contribution in [2.24, 2.45) is 0 Å². The third kappa shape index (κ3) is 4.16. The summed E-state index contributed by atoms with van der Waals surface area (Å²) in [6, 6.07) is 4.15. The molecule has 2 unspecified atom stereocenters. The second kappa shape index (κ2) is 7.43. The zero-order valence-corrected chi connectivity index (χ0v) is 11.5. The maximum Gasteiger partial charge on any atom is 0.126 e. The molecule has 1 saturated heterocycles. The van der Waals surface area contributed by atoms with Crippen molar-refractivity contribution in [3.8, 4) is 0 Å². The molecule has 2 atom stereocenters. The highest BCUT2D eigenvalue weighted by atomic mass is 16.6. The highest BCUT2D eigenvalue weighted by molar-refractivity contribution is 5.39. The van der Waals surface area contributed by atoms with E-state index in [9.17, 15) is 0 Å². The number of nitrogens with zero attached hydrogens (tertiary/aromatic N) is 1. The van der Waals surface area contributed by atoms with Crippen LogP contribution in [0.1, 0.15) is 18.9 Å². The van der Waals surface area contributed by atoms with Crippen LogP contribution in [0.4, 0.5) is 5.82 Å². The van der Waals surface area contributed by atoms with Gasteiger partial charge in [-0.15, -0.1) is 0 Å². The van der Waals surface area contributed by atoms with Crippen LogP contribution in [0.15, 0.2) is 18.3 Å². The Hall–Kier alpha value is -1.17. The van der Waals surface area contributed by atoms with Gasteiger partial charge in [0.25, 0.3) is 0 Å². The fourth-order valence-corrected chi connectivity index (χ4v) is 2.26. The van der Waals surface area contributed by atoms with Gasteiger partial charge >= 0.3 is 0 Å². The summed E-state index contributed by atoms with van der Waals surface area (Å²) in [5, 5.41) is 3.53. The molecule has 0 saturated carbocycles. The van der Waals surface area contributed by atoms with E-state index in [2.05, 4.69) is 17.2 Å². The van der Waals surface area contributed by atoms with Gasteiger partial charge in [0.15, 0.2) is 0 Å². The van der Waals surface area contributed by atoms with Crippen molar-refractivity contribution < 1.29 is 9.47 Å². The average Bonchev–Trinajstić information content (AvgIpc) is 2.46. The van der Waals surface area contributed by atoms with Gasteiger partial charge in [-0.2, -0.15) is 0 Å². The maximum atomic E-state index is 5.92. The van der Waals surface area contributed by atoms with Gasteiger partial charge in [0.1, 0.15) is 5.82 Å². The van der Waals surface area contributed by atoms with Crippen LogP contribution in [0, 0.1) is 0 Å². The monoisotopic (exact) mass is 265 g/mol. The van der Waals surface area contributed by atoms with Crippen molar-refractivity contribution in [2.75, 3.05) is 32.1 Å². The second-order valence-corrected chi connectivity index (χ2v) is 4.80. The highest BCUT2D eigenvalue weighted by Crippen LogP contribution is 2.15. The molecular weight excluding hydrogens is 242 g/mol. The molecule has 1 aromatic rings. The Morgan fingerprint density at radius 1 is 1.53 bits per heavy atom. The Kier molecular flexibility index (Phi) is 5.57. The molecule has 2 heterocycles. The zero-order valence-electron chi connectivity index (χ0n) is 11.5. The Bertz CT molecular complexity index is 381. The molecule has 0 amide bonds. The van der Waals surface area contributed by atoms with Crippen molar-refractivity contribution in [3.05, 3.63) is 23.9 Å². The van der Waals surface area contributed by atoms with E-state index in [-0.39, 0.29) is 12.1 Å². The summed E-state index contributed by atoms with van der Waals surface area (Å²) in [6.07, 6.45) is 3.70. The quantitative estimate of drug-likeness (QED) is 0.802. The first-order valence-electron chi connectivity index (χ1n) is 6.93. The summed E-state index contributed by atoms with van der Waals surface area (Å²) < 4.78 is 11.3. The minimum atomic E-state index is 0.0832. The smallest absolute Gasteiger partial charge is 0.126 e. The topological polar surface area (TPSA) is 69.4 Å². The van der Waals surface area contributed by atoms with Gasteiger partial charge < -0.3 is 20.5 Å². The van der Waals surface area contributed by atoms with Crippen LogP contribution < -0.4 is 11.1 Å². The Morgan fingerprint density at radius 2 is 2.42 bits per heavy atom.